The molecule has 0 aliphatic carbocycles. The monoisotopic (exact) mass is 419 g/mol. The smallest absolute Gasteiger partial charge is 0.337 e. The Labute approximate surface area is 175 Å². The molecule has 4 nitrogen and oxygen atoms in total. The van der Waals surface area contributed by atoms with Crippen molar-refractivity contribution >= 4 is 11.6 Å². The Morgan fingerprint density at radius 3 is 2.30 bits per heavy atom. The molecule has 0 radical (unpaired) electrons. The molecule has 1 amide bonds. The third-order valence-electron chi connectivity index (χ3n) is 5.18. The van der Waals surface area contributed by atoms with Crippen LogP contribution >= 0.6 is 0 Å². The zero-order valence-electron chi connectivity index (χ0n) is 17.8. The highest BCUT2D eigenvalue weighted by molar-refractivity contribution is 6.45. The molecule has 0 saturated carbocycles. The lowest BCUT2D eigenvalue weighted by Gasteiger charge is -2.33. The van der Waals surface area contributed by atoms with Crippen LogP contribution in [0.2, 0.25) is 0 Å². The summed E-state index contributed by atoms with van der Waals surface area (Å²) in [6.45, 7) is 6.61. The van der Waals surface area contributed by atoms with Gasteiger partial charge in [-0.3, -0.25) is 14.8 Å². The Hall–Kier alpha value is -2.70. The van der Waals surface area contributed by atoms with Gasteiger partial charge < -0.3 is 4.90 Å². The van der Waals surface area contributed by atoms with Crippen molar-refractivity contribution in [3.8, 4) is 0 Å². The van der Waals surface area contributed by atoms with Gasteiger partial charge >= 0.3 is 6.18 Å². The van der Waals surface area contributed by atoms with Gasteiger partial charge in [-0.2, -0.15) is 13.2 Å². The number of likely N-dealkylation sites (tertiary alicyclic amines) is 1. The summed E-state index contributed by atoms with van der Waals surface area (Å²) in [5, 5.41) is 0. The van der Waals surface area contributed by atoms with Crippen LogP contribution < -0.4 is 0 Å². The first-order valence-corrected chi connectivity index (χ1v) is 10.2. The number of aryl methyl sites for hydroxylation is 1. The number of aliphatic imine (C=N–C) groups is 1. The third-order valence-corrected chi connectivity index (χ3v) is 5.18. The molecule has 30 heavy (non-hydrogen) atoms. The van der Waals surface area contributed by atoms with E-state index in [1.54, 1.807) is 42.4 Å². The number of aromatic nitrogens is 1. The molecule has 0 atom stereocenters. The minimum Gasteiger partial charge on any atom is -0.337 e. The van der Waals surface area contributed by atoms with Crippen LogP contribution in [0.15, 0.2) is 47.6 Å². The molecule has 0 spiro atoms. The lowest BCUT2D eigenvalue weighted by atomic mass is 9.86. The average Bonchev–Trinajstić information content (AvgIpc) is 2.76. The van der Waals surface area contributed by atoms with Gasteiger partial charge in [-0.1, -0.05) is 32.0 Å². The van der Waals surface area contributed by atoms with Gasteiger partial charge in [0.05, 0.1) is 5.56 Å². The molecule has 0 unspecified atom stereocenters. The fraction of sp³-hybridized carbons (Fsp3) is 0.435. The van der Waals surface area contributed by atoms with E-state index in [1.165, 1.54) is 6.07 Å². The number of halogens is 3. The molecule has 1 fully saturated rings. The number of alkyl halides is 3. The fourth-order valence-corrected chi connectivity index (χ4v) is 3.72. The van der Waals surface area contributed by atoms with Gasteiger partial charge in [-0.15, -0.1) is 0 Å². The van der Waals surface area contributed by atoms with E-state index in [4.69, 9.17) is 0 Å². The van der Waals surface area contributed by atoms with Gasteiger partial charge in [0, 0.05) is 37.6 Å². The predicted octanol–water partition coefficient (Wildman–Crippen LogP) is 5.26. The Bertz CT molecular complexity index is 885. The number of rotatable bonds is 3. The zero-order valence-corrected chi connectivity index (χ0v) is 17.8. The van der Waals surface area contributed by atoms with E-state index in [-0.39, 0.29) is 11.8 Å². The number of piperidine rings is 1. The topological polar surface area (TPSA) is 45.6 Å². The molecule has 162 valence electrons. The Kier molecular flexibility index (Phi) is 8.15. The molecule has 0 bridgehead atoms. The zero-order chi connectivity index (χ0) is 22.3. The van der Waals surface area contributed by atoms with Crippen LogP contribution in [-0.4, -0.2) is 41.6 Å². The quantitative estimate of drug-likeness (QED) is 0.637. The van der Waals surface area contributed by atoms with Crippen molar-refractivity contribution in [2.45, 2.75) is 45.7 Å². The molecular weight excluding hydrogens is 391 g/mol. The summed E-state index contributed by atoms with van der Waals surface area (Å²) < 4.78 is 39.9. The van der Waals surface area contributed by atoms with Crippen molar-refractivity contribution < 1.29 is 18.0 Å². The molecule has 1 saturated heterocycles. The summed E-state index contributed by atoms with van der Waals surface area (Å²) in [6.07, 6.45) is -1.74. The summed E-state index contributed by atoms with van der Waals surface area (Å²) in [4.78, 5) is 23.0. The van der Waals surface area contributed by atoms with Gasteiger partial charge in [0.25, 0.3) is 5.91 Å². The maximum atomic E-state index is 13.3. The van der Waals surface area contributed by atoms with Crippen molar-refractivity contribution in [1.29, 1.82) is 0 Å². The number of nitrogens with zero attached hydrogens (tertiary/aromatic N) is 3. The molecule has 7 heteroatoms. The van der Waals surface area contributed by atoms with Gasteiger partial charge in [0.15, 0.2) is 0 Å². The summed E-state index contributed by atoms with van der Waals surface area (Å²) in [5.74, 6) is -0.426. The molecule has 0 N–H and O–H groups in total. The van der Waals surface area contributed by atoms with E-state index in [0.717, 1.165) is 6.07 Å². The minimum absolute atomic E-state index is 0.207. The molecule has 1 aliphatic rings. The van der Waals surface area contributed by atoms with Crippen molar-refractivity contribution in [1.82, 2.24) is 9.88 Å². The van der Waals surface area contributed by atoms with Crippen LogP contribution in [0.4, 0.5) is 13.2 Å². The van der Waals surface area contributed by atoms with Crippen LogP contribution in [-0.2, 0) is 11.0 Å². The SMILES string of the molecule is CC.CN=C(C(=O)N1CCC(c2ccccc2C(F)(F)F)CC1)c1cccnc1C. The Morgan fingerprint density at radius 1 is 1.10 bits per heavy atom. The highest BCUT2D eigenvalue weighted by atomic mass is 19.4. The number of carbonyl (C=O) groups is 1. The second-order valence-electron chi connectivity index (χ2n) is 6.86. The third kappa shape index (κ3) is 5.26. The lowest BCUT2D eigenvalue weighted by molar-refractivity contribution is -0.138. The average molecular weight is 419 g/mol. The molecule has 3 rings (SSSR count). The summed E-state index contributed by atoms with van der Waals surface area (Å²) >= 11 is 0. The Balaban J connectivity index is 0.00000155. The van der Waals surface area contributed by atoms with Crippen LogP contribution in [0.3, 0.4) is 0 Å². The van der Waals surface area contributed by atoms with E-state index < -0.39 is 11.7 Å². The van der Waals surface area contributed by atoms with Crippen molar-refractivity contribution in [2.24, 2.45) is 4.99 Å². The van der Waals surface area contributed by atoms with E-state index >= 15 is 0 Å². The number of pyridine rings is 1. The lowest BCUT2D eigenvalue weighted by Crippen LogP contribution is -2.42. The normalized spacial score (nSPS) is 15.4. The summed E-state index contributed by atoms with van der Waals surface area (Å²) in [5.41, 5.74) is 1.46. The molecule has 2 heterocycles. The molecule has 1 aliphatic heterocycles. The van der Waals surface area contributed by atoms with E-state index in [1.807, 2.05) is 20.8 Å². The number of amides is 1. The standard InChI is InChI=1S/C21H22F3N3O.C2H6/c1-14-16(7-5-11-26-14)19(25-2)20(28)27-12-9-15(10-13-27)17-6-3-4-8-18(17)21(22,23)24;1-2/h3-8,11,15H,9-10,12-13H2,1-2H3;1-2H3. The molecule has 1 aromatic carbocycles. The molecular formula is C23H28F3N3O. The first kappa shape index (κ1) is 23.6. The molecule has 1 aromatic heterocycles. The van der Waals surface area contributed by atoms with Crippen molar-refractivity contribution in [2.75, 3.05) is 20.1 Å². The maximum Gasteiger partial charge on any atom is 0.416 e. The van der Waals surface area contributed by atoms with Crippen LogP contribution in [0.1, 0.15) is 55.0 Å². The van der Waals surface area contributed by atoms with Crippen LogP contribution in [0, 0.1) is 6.92 Å². The first-order chi connectivity index (χ1) is 14.3. The fourth-order valence-electron chi connectivity index (χ4n) is 3.72. The Morgan fingerprint density at radius 2 is 1.73 bits per heavy atom. The second-order valence-corrected chi connectivity index (χ2v) is 6.86. The van der Waals surface area contributed by atoms with Gasteiger partial charge in [-0.25, -0.2) is 0 Å². The van der Waals surface area contributed by atoms with Crippen LogP contribution in [0.25, 0.3) is 0 Å². The van der Waals surface area contributed by atoms with Crippen molar-refractivity contribution in [3.05, 3.63) is 65.0 Å². The number of hydrogen-bond donors (Lipinski definition) is 0. The van der Waals surface area contributed by atoms with E-state index in [9.17, 15) is 18.0 Å². The predicted molar refractivity (Wildman–Crippen MR) is 113 cm³/mol. The first-order valence-electron chi connectivity index (χ1n) is 10.2. The van der Waals surface area contributed by atoms with Crippen LogP contribution in [0.5, 0.6) is 0 Å². The van der Waals surface area contributed by atoms with Crippen molar-refractivity contribution in [3.63, 3.8) is 0 Å². The summed E-state index contributed by atoms with van der Waals surface area (Å²) in [6, 6.07) is 9.26. The molecule has 2 aromatic rings. The largest absolute Gasteiger partial charge is 0.416 e. The number of benzene rings is 1. The van der Waals surface area contributed by atoms with E-state index in [2.05, 4.69) is 9.98 Å². The van der Waals surface area contributed by atoms with Gasteiger partial charge in [0.2, 0.25) is 0 Å². The minimum atomic E-state index is -4.37. The van der Waals surface area contributed by atoms with Gasteiger partial charge in [0.1, 0.15) is 5.71 Å². The van der Waals surface area contributed by atoms with E-state index in [0.29, 0.717) is 48.5 Å². The van der Waals surface area contributed by atoms with Gasteiger partial charge in [-0.05, 0) is 49.4 Å². The maximum absolute atomic E-state index is 13.3. The summed E-state index contributed by atoms with van der Waals surface area (Å²) in [7, 11) is 1.56. The second kappa shape index (κ2) is 10.4. The number of carbonyl (C=O) groups excluding carboxylic acids is 1. The number of hydrogen-bond acceptors (Lipinski definition) is 3. The highest BCUT2D eigenvalue weighted by Crippen LogP contribution is 2.38. The highest BCUT2D eigenvalue weighted by Gasteiger charge is 2.36.